The summed E-state index contributed by atoms with van der Waals surface area (Å²) in [5, 5.41) is 9.14. The average molecular weight is 274 g/mol. The molecular formula is C10H9BrFNO2. The average Bonchev–Trinajstić information content (AvgIpc) is 2.08. The van der Waals surface area contributed by atoms with Crippen LogP contribution in [0.2, 0.25) is 0 Å². The smallest absolute Gasteiger partial charge is 0.314 e. The van der Waals surface area contributed by atoms with Gasteiger partial charge in [0.25, 0.3) is 0 Å². The number of rotatable bonds is 2. The molecule has 1 aromatic rings. The van der Waals surface area contributed by atoms with Gasteiger partial charge in [-0.3, -0.25) is 4.79 Å². The largest absolute Gasteiger partial charge is 0.481 e. The predicted octanol–water partition coefficient (Wildman–Crippen LogP) is 2.49. The zero-order chi connectivity index (χ0) is 11.1. The molecule has 15 heavy (non-hydrogen) atoms. The van der Waals surface area contributed by atoms with Gasteiger partial charge >= 0.3 is 5.97 Å². The molecule has 0 bridgehead atoms. The molecule has 0 amide bonds. The van der Waals surface area contributed by atoms with E-state index in [1.54, 1.807) is 0 Å². The number of halogens is 2. The normalized spacial score (nSPS) is 18.3. The van der Waals surface area contributed by atoms with E-state index in [0.29, 0.717) is 17.3 Å². The van der Waals surface area contributed by atoms with Crippen LogP contribution in [-0.2, 0) is 10.2 Å². The number of nitrogens with zero attached hydrogens (tertiary/aromatic N) is 1. The Kier molecular flexibility index (Phi) is 2.50. The Labute approximate surface area is 94.5 Å². The van der Waals surface area contributed by atoms with E-state index in [1.807, 2.05) is 0 Å². The number of hydrogen-bond acceptors (Lipinski definition) is 2. The molecule has 0 aromatic carbocycles. The molecular weight excluding hydrogens is 265 g/mol. The summed E-state index contributed by atoms with van der Waals surface area (Å²) >= 11 is 3.17. The van der Waals surface area contributed by atoms with Crippen LogP contribution < -0.4 is 0 Å². The summed E-state index contributed by atoms with van der Waals surface area (Å²) < 4.78 is 14.1. The molecule has 80 valence electrons. The van der Waals surface area contributed by atoms with Crippen molar-refractivity contribution >= 4 is 21.9 Å². The lowest BCUT2D eigenvalue weighted by Crippen LogP contribution is -2.43. The third kappa shape index (κ3) is 1.55. The predicted molar refractivity (Wildman–Crippen MR) is 55.1 cm³/mol. The van der Waals surface area contributed by atoms with Gasteiger partial charge in [0.2, 0.25) is 5.95 Å². The van der Waals surface area contributed by atoms with Gasteiger partial charge in [0.15, 0.2) is 0 Å². The maximum absolute atomic E-state index is 13.5. The van der Waals surface area contributed by atoms with Crippen LogP contribution in [0.15, 0.2) is 16.7 Å². The monoisotopic (exact) mass is 273 g/mol. The second-order valence-electron chi connectivity index (χ2n) is 3.73. The van der Waals surface area contributed by atoms with Crippen LogP contribution in [0.5, 0.6) is 0 Å². The van der Waals surface area contributed by atoms with E-state index >= 15 is 0 Å². The number of carboxylic acid groups (broad SMARTS) is 1. The third-order valence-electron chi connectivity index (χ3n) is 2.94. The molecule has 3 nitrogen and oxygen atoms in total. The first-order valence-electron chi connectivity index (χ1n) is 4.61. The van der Waals surface area contributed by atoms with Crippen molar-refractivity contribution in [3.05, 3.63) is 28.2 Å². The molecule has 0 saturated heterocycles. The number of pyridine rings is 1. The fraction of sp³-hybridized carbons (Fsp3) is 0.400. The number of aliphatic carboxylic acids is 1. The fourth-order valence-corrected chi connectivity index (χ4v) is 2.22. The van der Waals surface area contributed by atoms with E-state index in [-0.39, 0.29) is 5.56 Å². The maximum atomic E-state index is 13.5. The fourth-order valence-electron chi connectivity index (χ4n) is 1.89. The van der Waals surface area contributed by atoms with Crippen molar-refractivity contribution in [1.29, 1.82) is 0 Å². The van der Waals surface area contributed by atoms with Crippen molar-refractivity contribution in [3.8, 4) is 0 Å². The van der Waals surface area contributed by atoms with Crippen molar-refractivity contribution in [2.75, 3.05) is 0 Å². The number of carboxylic acids is 1. The second kappa shape index (κ2) is 3.56. The minimum Gasteiger partial charge on any atom is -0.481 e. The van der Waals surface area contributed by atoms with Crippen molar-refractivity contribution < 1.29 is 14.3 Å². The topological polar surface area (TPSA) is 50.2 Å². The van der Waals surface area contributed by atoms with Gasteiger partial charge in [-0.2, -0.15) is 4.39 Å². The van der Waals surface area contributed by atoms with Gasteiger partial charge < -0.3 is 5.11 Å². The van der Waals surface area contributed by atoms with E-state index in [0.717, 1.165) is 6.42 Å². The summed E-state index contributed by atoms with van der Waals surface area (Å²) in [7, 11) is 0. The molecule has 1 aliphatic carbocycles. The van der Waals surface area contributed by atoms with Crippen LogP contribution >= 0.6 is 15.9 Å². The molecule has 0 aliphatic heterocycles. The van der Waals surface area contributed by atoms with Crippen LogP contribution in [0.1, 0.15) is 24.8 Å². The van der Waals surface area contributed by atoms with E-state index in [4.69, 9.17) is 5.11 Å². The lowest BCUT2D eigenvalue weighted by Gasteiger charge is -2.37. The van der Waals surface area contributed by atoms with Gasteiger partial charge in [-0.1, -0.05) is 6.42 Å². The Morgan fingerprint density at radius 2 is 2.27 bits per heavy atom. The molecule has 1 aromatic heterocycles. The molecule has 0 radical (unpaired) electrons. The van der Waals surface area contributed by atoms with Gasteiger partial charge in [0, 0.05) is 16.2 Å². The highest BCUT2D eigenvalue weighted by atomic mass is 79.9. The Balaban J connectivity index is 2.51. The molecule has 1 N–H and O–H groups in total. The highest BCUT2D eigenvalue weighted by Gasteiger charge is 2.48. The van der Waals surface area contributed by atoms with Crippen LogP contribution in [-0.4, -0.2) is 16.1 Å². The number of hydrogen-bond donors (Lipinski definition) is 1. The second-order valence-corrected chi connectivity index (χ2v) is 4.65. The first kappa shape index (κ1) is 10.5. The Bertz CT molecular complexity index is 418. The first-order valence-corrected chi connectivity index (χ1v) is 5.40. The Morgan fingerprint density at radius 1 is 1.60 bits per heavy atom. The minimum absolute atomic E-state index is 0.190. The van der Waals surface area contributed by atoms with Crippen LogP contribution in [0, 0.1) is 5.95 Å². The van der Waals surface area contributed by atoms with Gasteiger partial charge in [-0.25, -0.2) is 4.98 Å². The summed E-state index contributed by atoms with van der Waals surface area (Å²) in [6.45, 7) is 0. The SMILES string of the molecule is O=C(O)C1(c2cc(Br)cnc2F)CCC1. The highest BCUT2D eigenvalue weighted by Crippen LogP contribution is 2.45. The quantitative estimate of drug-likeness (QED) is 0.843. The molecule has 1 aliphatic rings. The van der Waals surface area contributed by atoms with Gasteiger partial charge in [0.1, 0.15) is 0 Å². The Hall–Kier alpha value is -0.970. The lowest BCUT2D eigenvalue weighted by atomic mass is 9.65. The number of aromatic nitrogens is 1. The first-order chi connectivity index (χ1) is 7.06. The molecule has 0 unspecified atom stereocenters. The molecule has 2 rings (SSSR count). The standard InChI is InChI=1S/C10H9BrFNO2/c11-6-4-7(8(12)13-5-6)10(9(14)15)2-1-3-10/h4-5H,1-3H2,(H,14,15). The Morgan fingerprint density at radius 3 is 2.73 bits per heavy atom. The van der Waals surface area contributed by atoms with E-state index < -0.39 is 17.3 Å². The molecule has 5 heteroatoms. The number of carbonyl (C=O) groups is 1. The lowest BCUT2D eigenvalue weighted by molar-refractivity contribution is -0.147. The summed E-state index contributed by atoms with van der Waals surface area (Å²) in [4.78, 5) is 14.7. The summed E-state index contributed by atoms with van der Waals surface area (Å²) in [5.74, 6) is -1.65. The van der Waals surface area contributed by atoms with E-state index in [1.165, 1.54) is 12.3 Å². The highest BCUT2D eigenvalue weighted by molar-refractivity contribution is 9.10. The molecule has 1 fully saturated rings. The maximum Gasteiger partial charge on any atom is 0.314 e. The van der Waals surface area contributed by atoms with Gasteiger partial charge in [0.05, 0.1) is 5.41 Å². The van der Waals surface area contributed by atoms with Crippen LogP contribution in [0.25, 0.3) is 0 Å². The van der Waals surface area contributed by atoms with Crippen LogP contribution in [0.4, 0.5) is 4.39 Å². The minimum atomic E-state index is -1.05. The summed E-state index contributed by atoms with van der Waals surface area (Å²) in [6.07, 6.45) is 3.11. The summed E-state index contributed by atoms with van der Waals surface area (Å²) in [5.41, 5.74) is -0.864. The third-order valence-corrected chi connectivity index (χ3v) is 3.37. The van der Waals surface area contributed by atoms with E-state index in [2.05, 4.69) is 20.9 Å². The summed E-state index contributed by atoms with van der Waals surface area (Å²) in [6, 6.07) is 1.51. The zero-order valence-electron chi connectivity index (χ0n) is 7.83. The van der Waals surface area contributed by atoms with E-state index in [9.17, 15) is 9.18 Å². The van der Waals surface area contributed by atoms with Crippen molar-refractivity contribution in [2.24, 2.45) is 0 Å². The van der Waals surface area contributed by atoms with Crippen molar-refractivity contribution in [3.63, 3.8) is 0 Å². The zero-order valence-corrected chi connectivity index (χ0v) is 9.42. The van der Waals surface area contributed by atoms with Gasteiger partial charge in [-0.05, 0) is 34.8 Å². The molecule has 0 spiro atoms. The molecule has 0 atom stereocenters. The van der Waals surface area contributed by atoms with Crippen LogP contribution in [0.3, 0.4) is 0 Å². The van der Waals surface area contributed by atoms with Gasteiger partial charge in [-0.15, -0.1) is 0 Å². The van der Waals surface area contributed by atoms with Crippen molar-refractivity contribution in [2.45, 2.75) is 24.7 Å². The molecule has 1 saturated carbocycles. The van der Waals surface area contributed by atoms with Crippen molar-refractivity contribution in [1.82, 2.24) is 4.98 Å². The molecule has 1 heterocycles.